The molecule has 0 atom stereocenters. The van der Waals surface area contributed by atoms with Gasteiger partial charge in [-0.15, -0.1) is 0 Å². The third kappa shape index (κ3) is 3.52. The Morgan fingerprint density at radius 2 is 2.12 bits per heavy atom. The highest BCUT2D eigenvalue weighted by atomic mass is 19.1. The summed E-state index contributed by atoms with van der Waals surface area (Å²) in [5.74, 6) is -0.497. The van der Waals surface area contributed by atoms with Gasteiger partial charge in [0.05, 0.1) is 5.69 Å². The van der Waals surface area contributed by atoms with Gasteiger partial charge in [0.1, 0.15) is 17.4 Å². The summed E-state index contributed by atoms with van der Waals surface area (Å²) in [4.78, 5) is 0. The molecule has 0 heterocycles. The number of nitrogens with one attached hydrogen (secondary N) is 1. The van der Waals surface area contributed by atoms with E-state index in [0.29, 0.717) is 12.2 Å². The highest BCUT2D eigenvalue weighted by molar-refractivity contribution is 5.57. The Labute approximate surface area is 94.5 Å². The zero-order chi connectivity index (χ0) is 11.8. The van der Waals surface area contributed by atoms with E-state index < -0.39 is 5.82 Å². The normalized spacial score (nSPS) is 9.81. The van der Waals surface area contributed by atoms with Crippen LogP contribution >= 0.6 is 0 Å². The molecule has 0 amide bonds. The maximum Gasteiger partial charge on any atom is 0.143 e. The second-order valence-electron chi connectivity index (χ2n) is 3.49. The molecule has 86 valence electrons. The number of hydrogen-bond acceptors (Lipinski definition) is 3. The monoisotopic (exact) mass is 222 g/mol. The largest absolute Gasteiger partial charge is 0.396 e. The lowest BCUT2D eigenvalue weighted by molar-refractivity contribution is 0.283. The molecule has 0 fully saturated rings. The summed E-state index contributed by atoms with van der Waals surface area (Å²) in [6.07, 6.45) is 2.58. The maximum absolute atomic E-state index is 13.2. The first-order chi connectivity index (χ1) is 7.79. The van der Waals surface area contributed by atoms with Gasteiger partial charge in [0.15, 0.2) is 0 Å². The van der Waals surface area contributed by atoms with Gasteiger partial charge in [-0.25, -0.2) is 4.39 Å². The Morgan fingerprint density at radius 3 is 2.81 bits per heavy atom. The van der Waals surface area contributed by atoms with E-state index in [4.69, 9.17) is 10.4 Å². The highest BCUT2D eigenvalue weighted by Crippen LogP contribution is 2.17. The number of benzene rings is 1. The van der Waals surface area contributed by atoms with E-state index in [1.807, 2.05) is 6.07 Å². The lowest BCUT2D eigenvalue weighted by Crippen LogP contribution is -2.04. The first-order valence-electron chi connectivity index (χ1n) is 5.33. The van der Waals surface area contributed by atoms with E-state index in [1.54, 1.807) is 12.1 Å². The number of unbranched alkanes of at least 4 members (excludes halogenated alkanes) is 2. The number of nitriles is 1. The first kappa shape index (κ1) is 12.5. The zero-order valence-corrected chi connectivity index (χ0v) is 9.04. The average molecular weight is 222 g/mol. The van der Waals surface area contributed by atoms with Crippen LogP contribution in [0, 0.1) is 17.1 Å². The summed E-state index contributed by atoms with van der Waals surface area (Å²) in [5, 5.41) is 20.4. The molecule has 1 aromatic carbocycles. The molecular weight excluding hydrogens is 207 g/mol. The second-order valence-corrected chi connectivity index (χ2v) is 3.49. The quantitative estimate of drug-likeness (QED) is 0.726. The van der Waals surface area contributed by atoms with Gasteiger partial charge >= 0.3 is 0 Å². The molecule has 0 saturated carbocycles. The molecule has 0 saturated heterocycles. The van der Waals surface area contributed by atoms with Crippen molar-refractivity contribution in [2.24, 2.45) is 0 Å². The second kappa shape index (κ2) is 6.81. The highest BCUT2D eigenvalue weighted by Gasteiger charge is 2.06. The van der Waals surface area contributed by atoms with Crippen molar-refractivity contribution in [2.45, 2.75) is 19.3 Å². The summed E-state index contributed by atoms with van der Waals surface area (Å²) in [6.45, 7) is 0.877. The predicted molar refractivity (Wildman–Crippen MR) is 60.5 cm³/mol. The first-order valence-corrected chi connectivity index (χ1v) is 5.33. The summed E-state index contributed by atoms with van der Waals surface area (Å²) in [6, 6.07) is 6.38. The molecule has 1 aromatic rings. The lowest BCUT2D eigenvalue weighted by atomic mass is 10.1. The smallest absolute Gasteiger partial charge is 0.143 e. The van der Waals surface area contributed by atoms with Crippen molar-refractivity contribution in [2.75, 3.05) is 18.5 Å². The maximum atomic E-state index is 13.2. The number of aliphatic hydroxyl groups excluding tert-OH is 1. The zero-order valence-electron chi connectivity index (χ0n) is 9.04. The number of aliphatic hydroxyl groups is 1. The Balaban J connectivity index is 2.48. The molecule has 2 N–H and O–H groups in total. The topological polar surface area (TPSA) is 56.0 Å². The van der Waals surface area contributed by atoms with Crippen LogP contribution in [0.15, 0.2) is 18.2 Å². The molecule has 4 heteroatoms. The van der Waals surface area contributed by atoms with E-state index in [1.165, 1.54) is 6.07 Å². The van der Waals surface area contributed by atoms with Gasteiger partial charge in [-0.2, -0.15) is 5.26 Å². The minimum Gasteiger partial charge on any atom is -0.396 e. The van der Waals surface area contributed by atoms with E-state index >= 15 is 0 Å². The van der Waals surface area contributed by atoms with Crippen molar-refractivity contribution in [3.8, 4) is 6.07 Å². The molecule has 0 bridgehead atoms. The van der Waals surface area contributed by atoms with Crippen LogP contribution in [0.5, 0.6) is 0 Å². The summed E-state index contributed by atoms with van der Waals surface area (Å²) < 4.78 is 13.2. The van der Waals surface area contributed by atoms with Gasteiger partial charge < -0.3 is 10.4 Å². The number of halogens is 1. The fourth-order valence-corrected chi connectivity index (χ4v) is 1.42. The standard InChI is InChI=1S/C12H15FN2O/c13-11-5-4-6-12(10(11)9-14)15-7-2-1-3-8-16/h4-6,15-16H,1-3,7-8H2. The van der Waals surface area contributed by atoms with Gasteiger partial charge in [0.2, 0.25) is 0 Å². The molecule has 0 aliphatic carbocycles. The number of anilines is 1. The predicted octanol–water partition coefficient (Wildman–Crippen LogP) is 2.27. The molecule has 0 spiro atoms. The van der Waals surface area contributed by atoms with Crippen molar-refractivity contribution in [1.29, 1.82) is 5.26 Å². The van der Waals surface area contributed by atoms with Gasteiger partial charge in [0, 0.05) is 13.2 Å². The van der Waals surface area contributed by atoms with Crippen LogP contribution in [0.1, 0.15) is 24.8 Å². The number of rotatable bonds is 6. The van der Waals surface area contributed by atoms with Crippen LogP contribution in [0.2, 0.25) is 0 Å². The van der Waals surface area contributed by atoms with Crippen molar-refractivity contribution < 1.29 is 9.50 Å². The Bertz CT molecular complexity index is 374. The molecule has 0 unspecified atom stereocenters. The average Bonchev–Trinajstić information content (AvgIpc) is 2.29. The number of hydrogen-bond donors (Lipinski definition) is 2. The van der Waals surface area contributed by atoms with E-state index in [2.05, 4.69) is 5.32 Å². The van der Waals surface area contributed by atoms with Crippen molar-refractivity contribution in [3.05, 3.63) is 29.6 Å². The molecule has 0 radical (unpaired) electrons. The fourth-order valence-electron chi connectivity index (χ4n) is 1.42. The lowest BCUT2D eigenvalue weighted by Gasteiger charge is -2.07. The molecule has 16 heavy (non-hydrogen) atoms. The fraction of sp³-hybridized carbons (Fsp3) is 0.417. The van der Waals surface area contributed by atoms with Crippen LogP contribution in [-0.2, 0) is 0 Å². The van der Waals surface area contributed by atoms with Crippen molar-refractivity contribution in [1.82, 2.24) is 0 Å². The minimum atomic E-state index is -0.497. The number of nitrogens with zero attached hydrogens (tertiary/aromatic N) is 1. The van der Waals surface area contributed by atoms with Crippen LogP contribution in [0.4, 0.5) is 10.1 Å². The van der Waals surface area contributed by atoms with Crippen molar-refractivity contribution >= 4 is 5.69 Å². The Morgan fingerprint density at radius 1 is 1.31 bits per heavy atom. The van der Waals surface area contributed by atoms with Crippen LogP contribution < -0.4 is 5.32 Å². The Hall–Kier alpha value is -1.60. The van der Waals surface area contributed by atoms with Gasteiger partial charge in [-0.1, -0.05) is 6.07 Å². The summed E-state index contributed by atoms with van der Waals surface area (Å²) in [7, 11) is 0. The van der Waals surface area contributed by atoms with E-state index in [-0.39, 0.29) is 12.2 Å². The summed E-state index contributed by atoms with van der Waals surface area (Å²) >= 11 is 0. The molecule has 1 rings (SSSR count). The molecule has 3 nitrogen and oxygen atoms in total. The Kier molecular flexibility index (Phi) is 5.30. The van der Waals surface area contributed by atoms with E-state index in [0.717, 1.165) is 19.3 Å². The van der Waals surface area contributed by atoms with Gasteiger partial charge in [-0.3, -0.25) is 0 Å². The van der Waals surface area contributed by atoms with Crippen molar-refractivity contribution in [3.63, 3.8) is 0 Å². The molecular formula is C12H15FN2O. The minimum absolute atomic E-state index is 0.0599. The van der Waals surface area contributed by atoms with E-state index in [9.17, 15) is 4.39 Å². The third-order valence-electron chi connectivity index (χ3n) is 2.28. The summed E-state index contributed by atoms with van der Waals surface area (Å²) in [5.41, 5.74) is 0.594. The van der Waals surface area contributed by atoms with Gasteiger partial charge in [0.25, 0.3) is 0 Å². The molecule has 0 aliphatic rings. The van der Waals surface area contributed by atoms with Crippen LogP contribution in [0.3, 0.4) is 0 Å². The van der Waals surface area contributed by atoms with Crippen LogP contribution in [0.25, 0.3) is 0 Å². The SMILES string of the molecule is N#Cc1c(F)cccc1NCCCCCO. The van der Waals surface area contributed by atoms with Crippen LogP contribution in [-0.4, -0.2) is 18.3 Å². The molecule has 0 aromatic heterocycles. The molecule has 0 aliphatic heterocycles. The van der Waals surface area contributed by atoms with Gasteiger partial charge in [-0.05, 0) is 31.4 Å². The third-order valence-corrected chi connectivity index (χ3v) is 2.28.